The molecule has 8 heteroatoms. The molecule has 0 saturated heterocycles. The molecule has 1 aromatic carbocycles. The average molecular weight is 381 g/mol. The van der Waals surface area contributed by atoms with E-state index in [0.717, 1.165) is 0 Å². The van der Waals surface area contributed by atoms with Gasteiger partial charge in [0.15, 0.2) is 21.3 Å². The van der Waals surface area contributed by atoms with Crippen LogP contribution >= 0.6 is 11.3 Å². The number of hydrogen-bond acceptors (Lipinski definition) is 6. The Balaban J connectivity index is 1.90. The molecule has 1 aliphatic heterocycles. The zero-order chi connectivity index (χ0) is 17.9. The molecule has 134 valence electrons. The van der Waals surface area contributed by atoms with Gasteiger partial charge in [-0.3, -0.25) is 4.79 Å². The highest BCUT2D eigenvalue weighted by Gasteiger charge is 2.31. The Kier molecular flexibility index (Phi) is 5.29. The van der Waals surface area contributed by atoms with Gasteiger partial charge in [0.1, 0.15) is 5.25 Å². The van der Waals surface area contributed by atoms with Crippen LogP contribution in [-0.4, -0.2) is 27.7 Å². The van der Waals surface area contributed by atoms with Crippen LogP contribution in [0.2, 0.25) is 0 Å². The lowest BCUT2D eigenvalue weighted by Crippen LogP contribution is -2.31. The molecule has 0 aliphatic carbocycles. The molecule has 1 atom stereocenters. The maximum atomic E-state index is 13.2. The van der Waals surface area contributed by atoms with Gasteiger partial charge in [0.2, 0.25) is 12.7 Å². The number of thiophene rings is 1. The molecule has 25 heavy (non-hydrogen) atoms. The SMILES string of the molecule is CCCC(=O)NC[C@H](c1cccs1)S(=O)(=O)c1ccc2c(c1)OCO2. The summed E-state index contributed by atoms with van der Waals surface area (Å²) in [4.78, 5) is 12.6. The third kappa shape index (κ3) is 3.80. The highest BCUT2D eigenvalue weighted by atomic mass is 32.2. The summed E-state index contributed by atoms with van der Waals surface area (Å²) in [5.41, 5.74) is 0. The highest BCUT2D eigenvalue weighted by molar-refractivity contribution is 7.91. The van der Waals surface area contributed by atoms with E-state index in [1.54, 1.807) is 18.2 Å². The van der Waals surface area contributed by atoms with Crippen molar-refractivity contribution in [2.75, 3.05) is 13.3 Å². The first-order valence-electron chi connectivity index (χ1n) is 7.96. The minimum Gasteiger partial charge on any atom is -0.454 e. The number of fused-ring (bicyclic) bond motifs is 1. The minimum atomic E-state index is -3.70. The number of carbonyl (C=O) groups excluding carboxylic acids is 1. The fourth-order valence-electron chi connectivity index (χ4n) is 2.58. The van der Waals surface area contributed by atoms with E-state index >= 15 is 0 Å². The second kappa shape index (κ2) is 7.45. The van der Waals surface area contributed by atoms with Gasteiger partial charge in [0, 0.05) is 23.9 Å². The van der Waals surface area contributed by atoms with Crippen molar-refractivity contribution in [1.82, 2.24) is 5.32 Å². The fourth-order valence-corrected chi connectivity index (χ4v) is 5.38. The third-order valence-electron chi connectivity index (χ3n) is 3.87. The molecule has 2 heterocycles. The molecular formula is C17H19NO5S2. The van der Waals surface area contributed by atoms with Crippen LogP contribution in [0.4, 0.5) is 0 Å². The van der Waals surface area contributed by atoms with E-state index < -0.39 is 15.1 Å². The van der Waals surface area contributed by atoms with Crippen molar-refractivity contribution in [3.63, 3.8) is 0 Å². The summed E-state index contributed by atoms with van der Waals surface area (Å²) in [5, 5.41) is 3.72. The second-order valence-electron chi connectivity index (χ2n) is 5.62. The van der Waals surface area contributed by atoms with Crippen LogP contribution in [0, 0.1) is 0 Å². The number of hydrogen-bond donors (Lipinski definition) is 1. The van der Waals surface area contributed by atoms with E-state index in [0.29, 0.717) is 29.2 Å². The Bertz CT molecular complexity index is 846. The lowest BCUT2D eigenvalue weighted by molar-refractivity contribution is -0.121. The van der Waals surface area contributed by atoms with Gasteiger partial charge in [-0.25, -0.2) is 8.42 Å². The van der Waals surface area contributed by atoms with Crippen molar-refractivity contribution < 1.29 is 22.7 Å². The van der Waals surface area contributed by atoms with E-state index in [1.807, 2.05) is 12.3 Å². The smallest absolute Gasteiger partial charge is 0.231 e. The quantitative estimate of drug-likeness (QED) is 0.797. The molecule has 0 bridgehead atoms. The monoisotopic (exact) mass is 381 g/mol. The van der Waals surface area contributed by atoms with Crippen LogP contribution in [0.1, 0.15) is 29.9 Å². The normalized spacial score (nSPS) is 14.3. The number of rotatable bonds is 7. The van der Waals surface area contributed by atoms with E-state index in [-0.39, 0.29) is 24.1 Å². The van der Waals surface area contributed by atoms with Gasteiger partial charge in [0.05, 0.1) is 4.90 Å². The Labute approximate surface area is 150 Å². The van der Waals surface area contributed by atoms with E-state index in [9.17, 15) is 13.2 Å². The predicted molar refractivity (Wildman–Crippen MR) is 94.7 cm³/mol. The molecule has 0 saturated carbocycles. The van der Waals surface area contributed by atoms with Crippen molar-refractivity contribution in [3.8, 4) is 11.5 Å². The topological polar surface area (TPSA) is 81.7 Å². The van der Waals surface area contributed by atoms with Crippen molar-refractivity contribution in [3.05, 3.63) is 40.6 Å². The first-order chi connectivity index (χ1) is 12.0. The van der Waals surface area contributed by atoms with Crippen molar-refractivity contribution in [2.45, 2.75) is 29.9 Å². The maximum Gasteiger partial charge on any atom is 0.231 e. The summed E-state index contributed by atoms with van der Waals surface area (Å²) in [5.74, 6) is 0.800. The number of nitrogens with one attached hydrogen (secondary N) is 1. The number of sulfone groups is 1. The molecule has 1 aromatic heterocycles. The largest absolute Gasteiger partial charge is 0.454 e. The molecule has 0 radical (unpaired) electrons. The summed E-state index contributed by atoms with van der Waals surface area (Å²) >= 11 is 1.36. The lowest BCUT2D eigenvalue weighted by Gasteiger charge is -2.17. The van der Waals surface area contributed by atoms with Crippen LogP contribution in [-0.2, 0) is 14.6 Å². The number of amides is 1. The first-order valence-corrected chi connectivity index (χ1v) is 10.4. The molecule has 3 rings (SSSR count). The van der Waals surface area contributed by atoms with Gasteiger partial charge in [-0.1, -0.05) is 13.0 Å². The Morgan fingerprint density at radius 2 is 2.08 bits per heavy atom. The molecule has 1 amide bonds. The van der Waals surface area contributed by atoms with Gasteiger partial charge >= 0.3 is 0 Å². The maximum absolute atomic E-state index is 13.2. The van der Waals surface area contributed by atoms with Crippen LogP contribution in [0.3, 0.4) is 0 Å². The van der Waals surface area contributed by atoms with Gasteiger partial charge in [-0.15, -0.1) is 11.3 Å². The van der Waals surface area contributed by atoms with E-state index in [4.69, 9.17) is 9.47 Å². The lowest BCUT2D eigenvalue weighted by atomic mass is 10.3. The van der Waals surface area contributed by atoms with Gasteiger partial charge in [-0.05, 0) is 30.0 Å². The van der Waals surface area contributed by atoms with Gasteiger partial charge in [-0.2, -0.15) is 0 Å². The van der Waals surface area contributed by atoms with E-state index in [2.05, 4.69) is 5.32 Å². The average Bonchev–Trinajstić information content (AvgIpc) is 3.26. The number of carbonyl (C=O) groups is 1. The summed E-state index contributed by atoms with van der Waals surface area (Å²) in [7, 11) is -3.70. The van der Waals surface area contributed by atoms with Crippen LogP contribution < -0.4 is 14.8 Å². The Hall–Kier alpha value is -2.06. The molecule has 1 N–H and O–H groups in total. The molecule has 2 aromatic rings. The van der Waals surface area contributed by atoms with Crippen molar-refractivity contribution in [1.29, 1.82) is 0 Å². The highest BCUT2D eigenvalue weighted by Crippen LogP contribution is 2.38. The molecule has 0 unspecified atom stereocenters. The summed E-state index contributed by atoms with van der Waals surface area (Å²) in [6.45, 7) is 2.02. The zero-order valence-corrected chi connectivity index (χ0v) is 15.4. The first kappa shape index (κ1) is 17.8. The van der Waals surface area contributed by atoms with Crippen LogP contribution in [0.5, 0.6) is 11.5 Å². The zero-order valence-electron chi connectivity index (χ0n) is 13.7. The number of benzene rings is 1. The molecular weight excluding hydrogens is 362 g/mol. The molecule has 0 fully saturated rings. The van der Waals surface area contributed by atoms with E-state index in [1.165, 1.54) is 23.5 Å². The van der Waals surface area contributed by atoms with Gasteiger partial charge in [0.25, 0.3) is 0 Å². The van der Waals surface area contributed by atoms with Crippen LogP contribution in [0.15, 0.2) is 40.6 Å². The summed E-state index contributed by atoms with van der Waals surface area (Å²) < 4.78 is 36.8. The van der Waals surface area contributed by atoms with Gasteiger partial charge < -0.3 is 14.8 Å². The Morgan fingerprint density at radius 3 is 2.80 bits per heavy atom. The summed E-state index contributed by atoms with van der Waals surface area (Å²) in [6.07, 6.45) is 1.09. The third-order valence-corrected chi connectivity index (χ3v) is 7.09. The predicted octanol–water partition coefficient (Wildman–Crippen LogP) is 2.91. The summed E-state index contributed by atoms with van der Waals surface area (Å²) in [6, 6.07) is 8.15. The standard InChI is InChI=1S/C17H19NO5S2/c1-2-4-17(19)18-10-16(15-5-3-8-24-15)25(20,21)12-6-7-13-14(9-12)23-11-22-13/h3,5-9,16H,2,4,10-11H2,1H3,(H,18,19)/t16-/m1/s1. The Morgan fingerprint density at radius 1 is 1.28 bits per heavy atom. The van der Waals surface area contributed by atoms with Crippen molar-refractivity contribution >= 4 is 27.1 Å². The number of ether oxygens (including phenoxy) is 2. The van der Waals surface area contributed by atoms with Crippen LogP contribution in [0.25, 0.3) is 0 Å². The molecule has 0 spiro atoms. The second-order valence-corrected chi connectivity index (χ2v) is 8.73. The molecule has 1 aliphatic rings. The minimum absolute atomic E-state index is 0.0378. The molecule has 6 nitrogen and oxygen atoms in total. The fraction of sp³-hybridized carbons (Fsp3) is 0.353. The van der Waals surface area contributed by atoms with Crippen molar-refractivity contribution in [2.24, 2.45) is 0 Å².